The van der Waals surface area contributed by atoms with E-state index in [-0.39, 0.29) is 5.56 Å². The van der Waals surface area contributed by atoms with Gasteiger partial charge < -0.3 is 4.98 Å². The minimum atomic E-state index is 0.0891. The molecule has 0 aliphatic heterocycles. The van der Waals surface area contributed by atoms with E-state index >= 15 is 0 Å². The minimum absolute atomic E-state index is 0.0891. The van der Waals surface area contributed by atoms with Gasteiger partial charge in [-0.15, -0.1) is 0 Å². The van der Waals surface area contributed by atoms with E-state index in [1.54, 1.807) is 0 Å². The zero-order valence-corrected chi connectivity index (χ0v) is 7.79. The fourth-order valence-corrected chi connectivity index (χ4v) is 1.86. The van der Waals surface area contributed by atoms with Crippen molar-refractivity contribution < 1.29 is 0 Å². The van der Waals surface area contributed by atoms with Gasteiger partial charge in [-0.2, -0.15) is 0 Å². The molecule has 0 bridgehead atoms. The van der Waals surface area contributed by atoms with E-state index in [1.807, 2.05) is 30.3 Å². The Bertz CT molecular complexity index is 537. The van der Waals surface area contributed by atoms with Gasteiger partial charge in [0, 0.05) is 11.1 Å². The van der Waals surface area contributed by atoms with Crippen LogP contribution >= 0.6 is 0 Å². The Hall–Kier alpha value is -1.57. The van der Waals surface area contributed by atoms with Gasteiger partial charge in [-0.25, -0.2) is 0 Å². The summed E-state index contributed by atoms with van der Waals surface area (Å²) in [6.07, 6.45) is 2.34. The molecule has 2 heteroatoms. The van der Waals surface area contributed by atoms with Gasteiger partial charge in [0.15, 0.2) is 0 Å². The number of nitrogens with one attached hydrogen (secondary N) is 1. The van der Waals surface area contributed by atoms with Crippen molar-refractivity contribution in [2.45, 2.75) is 18.8 Å². The molecule has 1 saturated carbocycles. The van der Waals surface area contributed by atoms with Gasteiger partial charge in [-0.3, -0.25) is 4.79 Å². The molecule has 1 aromatic carbocycles. The van der Waals surface area contributed by atoms with Gasteiger partial charge in [-0.1, -0.05) is 18.2 Å². The van der Waals surface area contributed by atoms with Gasteiger partial charge in [0.05, 0.1) is 0 Å². The first kappa shape index (κ1) is 7.80. The number of benzene rings is 1. The predicted molar refractivity (Wildman–Crippen MR) is 56.5 cm³/mol. The molecule has 0 radical (unpaired) electrons. The number of pyridine rings is 1. The zero-order chi connectivity index (χ0) is 9.54. The van der Waals surface area contributed by atoms with Crippen molar-refractivity contribution >= 4 is 10.9 Å². The topological polar surface area (TPSA) is 32.9 Å². The highest BCUT2D eigenvalue weighted by molar-refractivity contribution is 5.78. The lowest BCUT2D eigenvalue weighted by atomic mass is 10.1. The highest BCUT2D eigenvalue weighted by Crippen LogP contribution is 2.38. The summed E-state index contributed by atoms with van der Waals surface area (Å²) in [5.41, 5.74) is 1.98. The molecule has 1 aliphatic rings. The van der Waals surface area contributed by atoms with Crippen molar-refractivity contribution in [3.05, 3.63) is 46.2 Å². The molecule has 1 fully saturated rings. The average Bonchev–Trinajstić information content (AvgIpc) is 3.00. The van der Waals surface area contributed by atoms with Crippen LogP contribution in [0.2, 0.25) is 0 Å². The summed E-state index contributed by atoms with van der Waals surface area (Å²) in [6, 6.07) is 9.95. The van der Waals surface area contributed by atoms with Crippen molar-refractivity contribution in [2.75, 3.05) is 0 Å². The number of hydrogen-bond acceptors (Lipinski definition) is 1. The molecule has 3 rings (SSSR count). The monoisotopic (exact) mass is 185 g/mol. The fourth-order valence-electron chi connectivity index (χ4n) is 1.86. The Morgan fingerprint density at radius 1 is 1.21 bits per heavy atom. The van der Waals surface area contributed by atoms with Crippen LogP contribution in [0.4, 0.5) is 0 Å². The van der Waals surface area contributed by atoms with Crippen LogP contribution in [0.15, 0.2) is 35.1 Å². The lowest BCUT2D eigenvalue weighted by Crippen LogP contribution is -2.10. The number of hydrogen-bond donors (Lipinski definition) is 1. The summed E-state index contributed by atoms with van der Waals surface area (Å²) in [5.74, 6) is 0.517. The Morgan fingerprint density at radius 3 is 2.79 bits per heavy atom. The van der Waals surface area contributed by atoms with E-state index in [0.717, 1.165) is 16.5 Å². The van der Waals surface area contributed by atoms with Crippen LogP contribution in [0.5, 0.6) is 0 Å². The maximum Gasteiger partial charge on any atom is 0.251 e. The first-order chi connectivity index (χ1) is 6.84. The zero-order valence-electron chi connectivity index (χ0n) is 7.79. The summed E-state index contributed by atoms with van der Waals surface area (Å²) in [4.78, 5) is 14.6. The van der Waals surface area contributed by atoms with Crippen molar-refractivity contribution in [1.29, 1.82) is 0 Å². The molecule has 14 heavy (non-hydrogen) atoms. The third-order valence-corrected chi connectivity index (χ3v) is 2.80. The molecule has 0 unspecified atom stereocenters. The largest absolute Gasteiger partial charge is 0.322 e. The molecule has 1 aliphatic carbocycles. The van der Waals surface area contributed by atoms with Gasteiger partial charge in [-0.05, 0) is 36.3 Å². The maximum absolute atomic E-state index is 11.7. The van der Waals surface area contributed by atoms with E-state index in [1.165, 1.54) is 12.8 Å². The molecular weight excluding hydrogens is 174 g/mol. The van der Waals surface area contributed by atoms with Crippen LogP contribution in [0, 0.1) is 0 Å². The Kier molecular flexibility index (Phi) is 1.51. The lowest BCUT2D eigenvalue weighted by molar-refractivity contribution is 1.07. The lowest BCUT2D eigenvalue weighted by Gasteiger charge is -2.00. The molecule has 1 heterocycles. The third kappa shape index (κ3) is 1.15. The molecule has 2 aromatic rings. The SMILES string of the molecule is O=c1[nH]c2ccccc2cc1C1CC1. The van der Waals surface area contributed by atoms with Crippen LogP contribution in [-0.2, 0) is 0 Å². The number of para-hydroxylation sites is 1. The molecule has 1 N–H and O–H groups in total. The van der Waals surface area contributed by atoms with Crippen LogP contribution in [0.1, 0.15) is 24.3 Å². The third-order valence-electron chi connectivity index (χ3n) is 2.80. The maximum atomic E-state index is 11.7. The normalized spacial score (nSPS) is 16.0. The van der Waals surface area contributed by atoms with E-state index < -0.39 is 0 Å². The smallest absolute Gasteiger partial charge is 0.251 e. The Morgan fingerprint density at radius 2 is 2.00 bits per heavy atom. The summed E-state index contributed by atoms with van der Waals surface area (Å²) in [5, 5.41) is 1.13. The Labute approximate surface area is 81.6 Å². The molecule has 1 aromatic heterocycles. The first-order valence-electron chi connectivity index (χ1n) is 4.96. The number of fused-ring (bicyclic) bond motifs is 1. The van der Waals surface area contributed by atoms with Crippen LogP contribution in [-0.4, -0.2) is 4.98 Å². The molecule has 70 valence electrons. The second-order valence-corrected chi connectivity index (χ2v) is 3.92. The van der Waals surface area contributed by atoms with Crippen molar-refractivity contribution in [1.82, 2.24) is 4.98 Å². The number of rotatable bonds is 1. The van der Waals surface area contributed by atoms with E-state index in [4.69, 9.17) is 0 Å². The van der Waals surface area contributed by atoms with Crippen molar-refractivity contribution in [3.8, 4) is 0 Å². The van der Waals surface area contributed by atoms with Crippen LogP contribution in [0.3, 0.4) is 0 Å². The standard InChI is InChI=1S/C12H11NO/c14-12-10(8-5-6-8)7-9-3-1-2-4-11(9)13-12/h1-4,7-8H,5-6H2,(H,13,14). The van der Waals surface area contributed by atoms with Gasteiger partial charge in [0.1, 0.15) is 0 Å². The quantitative estimate of drug-likeness (QED) is 0.727. The van der Waals surface area contributed by atoms with Crippen molar-refractivity contribution in [3.63, 3.8) is 0 Å². The second kappa shape index (κ2) is 2.71. The number of aromatic nitrogens is 1. The second-order valence-electron chi connectivity index (χ2n) is 3.92. The molecule has 0 saturated heterocycles. The summed E-state index contributed by atoms with van der Waals surface area (Å²) >= 11 is 0. The molecular formula is C12H11NO. The summed E-state index contributed by atoms with van der Waals surface area (Å²) in [7, 11) is 0. The molecule has 0 spiro atoms. The van der Waals surface area contributed by atoms with Crippen molar-refractivity contribution in [2.24, 2.45) is 0 Å². The van der Waals surface area contributed by atoms with E-state index in [0.29, 0.717) is 5.92 Å². The van der Waals surface area contributed by atoms with E-state index in [9.17, 15) is 4.79 Å². The summed E-state index contributed by atoms with van der Waals surface area (Å²) < 4.78 is 0. The molecule has 0 amide bonds. The average molecular weight is 185 g/mol. The van der Waals surface area contributed by atoms with Gasteiger partial charge in [0.2, 0.25) is 0 Å². The van der Waals surface area contributed by atoms with Crippen LogP contribution < -0.4 is 5.56 Å². The predicted octanol–water partition coefficient (Wildman–Crippen LogP) is 2.41. The van der Waals surface area contributed by atoms with Gasteiger partial charge in [0.25, 0.3) is 5.56 Å². The number of aromatic amines is 1. The fraction of sp³-hybridized carbons (Fsp3) is 0.250. The van der Waals surface area contributed by atoms with Gasteiger partial charge >= 0.3 is 0 Å². The number of H-pyrrole nitrogens is 1. The highest BCUT2D eigenvalue weighted by Gasteiger charge is 2.26. The minimum Gasteiger partial charge on any atom is -0.322 e. The van der Waals surface area contributed by atoms with E-state index in [2.05, 4.69) is 4.98 Å². The van der Waals surface area contributed by atoms with Crippen LogP contribution in [0.25, 0.3) is 10.9 Å². The molecule has 0 atom stereocenters. The highest BCUT2D eigenvalue weighted by atomic mass is 16.1. The summed E-state index contributed by atoms with van der Waals surface area (Å²) in [6.45, 7) is 0. The Balaban J connectivity index is 2.32. The first-order valence-corrected chi connectivity index (χ1v) is 4.96. The molecule has 2 nitrogen and oxygen atoms in total.